The van der Waals surface area contributed by atoms with Crippen LogP contribution in [0.4, 0.5) is 4.39 Å². The van der Waals surface area contributed by atoms with Gasteiger partial charge in [0.2, 0.25) is 5.91 Å². The number of amides is 1. The van der Waals surface area contributed by atoms with Gasteiger partial charge in [-0.25, -0.2) is 4.39 Å². The summed E-state index contributed by atoms with van der Waals surface area (Å²) in [6.07, 6.45) is 3.41. The topological polar surface area (TPSA) is 75.6 Å². The molecule has 0 aliphatic rings. The lowest BCUT2D eigenvalue weighted by Crippen LogP contribution is -2.26. The lowest BCUT2D eigenvalue weighted by Gasteiger charge is -2.09. The van der Waals surface area contributed by atoms with Crippen molar-refractivity contribution < 1.29 is 23.8 Å². The number of hydrogen-bond acceptors (Lipinski definition) is 3. The minimum atomic E-state index is -0.780. The molecule has 1 rings (SSSR count). The molecule has 0 atom stereocenters. The highest BCUT2D eigenvalue weighted by Gasteiger charge is 2.09. The third-order valence-corrected chi connectivity index (χ3v) is 3.23. The van der Waals surface area contributed by atoms with Crippen LogP contribution < -0.4 is 10.1 Å². The van der Waals surface area contributed by atoms with Crippen LogP contribution in [0.25, 0.3) is 0 Å². The van der Waals surface area contributed by atoms with Crippen molar-refractivity contribution in [2.45, 2.75) is 38.5 Å². The largest absolute Gasteiger partial charge is 0.496 e. The van der Waals surface area contributed by atoms with Crippen molar-refractivity contribution in [2.24, 2.45) is 0 Å². The van der Waals surface area contributed by atoms with E-state index in [2.05, 4.69) is 5.32 Å². The Hall–Kier alpha value is -2.11. The average Bonchev–Trinajstić information content (AvgIpc) is 2.46. The number of unbranched alkanes of at least 4 members (excludes halogenated alkanes) is 3. The van der Waals surface area contributed by atoms with Crippen molar-refractivity contribution >= 4 is 11.9 Å². The van der Waals surface area contributed by atoms with Crippen molar-refractivity contribution in [3.63, 3.8) is 0 Å². The summed E-state index contributed by atoms with van der Waals surface area (Å²) in [7, 11) is 1.48. The van der Waals surface area contributed by atoms with Crippen LogP contribution >= 0.6 is 0 Å². The van der Waals surface area contributed by atoms with Crippen molar-refractivity contribution in [1.29, 1.82) is 0 Å². The van der Waals surface area contributed by atoms with Crippen LogP contribution in [0.5, 0.6) is 5.75 Å². The number of carboxylic acid groups (broad SMARTS) is 1. The smallest absolute Gasteiger partial charge is 0.303 e. The summed E-state index contributed by atoms with van der Waals surface area (Å²) in [4.78, 5) is 22.1. The predicted octanol–water partition coefficient (Wildman–Crippen LogP) is 2.53. The normalized spacial score (nSPS) is 10.3. The standard InChI is InChI=1S/C16H22FNO4/c1-22-14-8-7-13(17)10-12(14)11-15(19)18-9-5-3-2-4-6-16(20)21/h7-8,10H,2-6,9,11H2,1H3,(H,18,19)(H,20,21). The van der Waals surface area contributed by atoms with Crippen molar-refractivity contribution in [3.8, 4) is 5.75 Å². The Morgan fingerprint density at radius 1 is 1.23 bits per heavy atom. The van der Waals surface area contributed by atoms with E-state index in [1.807, 2.05) is 0 Å². The molecule has 0 radical (unpaired) electrons. The van der Waals surface area contributed by atoms with E-state index >= 15 is 0 Å². The van der Waals surface area contributed by atoms with Crippen molar-refractivity contribution in [1.82, 2.24) is 5.32 Å². The van der Waals surface area contributed by atoms with Gasteiger partial charge in [0.1, 0.15) is 11.6 Å². The number of aliphatic carboxylic acids is 1. The number of ether oxygens (including phenoxy) is 1. The average molecular weight is 311 g/mol. The molecule has 1 aromatic carbocycles. The zero-order chi connectivity index (χ0) is 16.4. The molecule has 2 N–H and O–H groups in total. The van der Waals surface area contributed by atoms with Gasteiger partial charge in [-0.3, -0.25) is 9.59 Å². The molecular weight excluding hydrogens is 289 g/mol. The molecule has 5 nitrogen and oxygen atoms in total. The molecule has 0 aliphatic carbocycles. The van der Waals surface area contributed by atoms with Gasteiger partial charge in [-0.2, -0.15) is 0 Å². The Morgan fingerprint density at radius 2 is 1.95 bits per heavy atom. The number of rotatable bonds is 10. The predicted molar refractivity (Wildman–Crippen MR) is 80.4 cm³/mol. The summed E-state index contributed by atoms with van der Waals surface area (Å²) in [6, 6.07) is 4.09. The maximum absolute atomic E-state index is 13.2. The van der Waals surface area contributed by atoms with E-state index in [4.69, 9.17) is 9.84 Å². The van der Waals surface area contributed by atoms with Gasteiger partial charge < -0.3 is 15.2 Å². The summed E-state index contributed by atoms with van der Waals surface area (Å²) in [5.74, 6) is -0.876. The molecule has 0 aliphatic heterocycles. The zero-order valence-electron chi connectivity index (χ0n) is 12.7. The van der Waals surface area contributed by atoms with Gasteiger partial charge in [-0.1, -0.05) is 12.8 Å². The Morgan fingerprint density at radius 3 is 2.64 bits per heavy atom. The Kier molecular flexibility index (Phi) is 7.96. The lowest BCUT2D eigenvalue weighted by atomic mass is 10.1. The highest BCUT2D eigenvalue weighted by molar-refractivity contribution is 5.79. The monoisotopic (exact) mass is 311 g/mol. The van der Waals surface area contributed by atoms with Gasteiger partial charge in [0.25, 0.3) is 0 Å². The van der Waals surface area contributed by atoms with E-state index in [0.717, 1.165) is 19.3 Å². The summed E-state index contributed by atoms with van der Waals surface area (Å²) in [6.45, 7) is 0.531. The van der Waals surface area contributed by atoms with Crippen LogP contribution in [0, 0.1) is 5.82 Å². The molecular formula is C16H22FNO4. The van der Waals surface area contributed by atoms with E-state index in [9.17, 15) is 14.0 Å². The third kappa shape index (κ3) is 7.06. The van der Waals surface area contributed by atoms with Crippen LogP contribution in [0.1, 0.15) is 37.7 Å². The maximum Gasteiger partial charge on any atom is 0.303 e. The van der Waals surface area contributed by atoms with Crippen LogP contribution in [-0.2, 0) is 16.0 Å². The molecule has 0 fully saturated rings. The van der Waals surface area contributed by atoms with Crippen LogP contribution in [0.15, 0.2) is 18.2 Å². The lowest BCUT2D eigenvalue weighted by molar-refractivity contribution is -0.137. The second-order valence-electron chi connectivity index (χ2n) is 5.04. The van der Waals surface area contributed by atoms with Gasteiger partial charge in [-0.05, 0) is 31.0 Å². The summed E-state index contributed by atoms with van der Waals surface area (Å²) in [5.41, 5.74) is 0.515. The SMILES string of the molecule is COc1ccc(F)cc1CC(=O)NCCCCCCC(=O)O. The third-order valence-electron chi connectivity index (χ3n) is 3.23. The minimum absolute atomic E-state index is 0.0694. The Bertz CT molecular complexity index is 505. The maximum atomic E-state index is 13.2. The van der Waals surface area contributed by atoms with Crippen molar-refractivity contribution in [2.75, 3.05) is 13.7 Å². The fraction of sp³-hybridized carbons (Fsp3) is 0.500. The highest BCUT2D eigenvalue weighted by Crippen LogP contribution is 2.19. The first-order valence-corrected chi connectivity index (χ1v) is 7.34. The number of carbonyl (C=O) groups is 2. The van der Waals surface area contributed by atoms with Crippen LogP contribution in [-0.4, -0.2) is 30.6 Å². The van der Waals surface area contributed by atoms with E-state index in [-0.39, 0.29) is 18.7 Å². The van der Waals surface area contributed by atoms with Gasteiger partial charge in [0, 0.05) is 18.5 Å². The Labute approximate surface area is 129 Å². The molecule has 0 heterocycles. The van der Waals surface area contributed by atoms with E-state index in [1.54, 1.807) is 0 Å². The second kappa shape index (κ2) is 9.76. The van der Waals surface area contributed by atoms with Crippen LogP contribution in [0.2, 0.25) is 0 Å². The number of methoxy groups -OCH3 is 1. The van der Waals surface area contributed by atoms with Crippen molar-refractivity contribution in [3.05, 3.63) is 29.6 Å². The number of carbonyl (C=O) groups excluding carboxylic acids is 1. The second-order valence-corrected chi connectivity index (χ2v) is 5.04. The molecule has 6 heteroatoms. The summed E-state index contributed by atoms with van der Waals surface area (Å²) < 4.78 is 18.3. The van der Waals surface area contributed by atoms with E-state index in [1.165, 1.54) is 25.3 Å². The first-order chi connectivity index (χ1) is 10.5. The molecule has 0 spiro atoms. The fourth-order valence-electron chi connectivity index (χ4n) is 2.10. The summed E-state index contributed by atoms with van der Waals surface area (Å²) in [5, 5.41) is 11.3. The molecule has 1 amide bonds. The number of carboxylic acids is 1. The van der Waals surface area contributed by atoms with Gasteiger partial charge >= 0.3 is 5.97 Å². The molecule has 0 bridgehead atoms. The minimum Gasteiger partial charge on any atom is -0.496 e. The van der Waals surface area contributed by atoms with Crippen LogP contribution in [0.3, 0.4) is 0 Å². The number of hydrogen-bond donors (Lipinski definition) is 2. The number of nitrogens with one attached hydrogen (secondary N) is 1. The molecule has 0 unspecified atom stereocenters. The fourth-order valence-corrected chi connectivity index (χ4v) is 2.10. The van der Waals surface area contributed by atoms with Gasteiger partial charge in [0.05, 0.1) is 13.5 Å². The van der Waals surface area contributed by atoms with E-state index < -0.39 is 11.8 Å². The molecule has 1 aromatic rings. The number of benzene rings is 1. The first-order valence-electron chi connectivity index (χ1n) is 7.34. The molecule has 122 valence electrons. The quantitative estimate of drug-likeness (QED) is 0.651. The Balaban J connectivity index is 2.24. The molecule has 22 heavy (non-hydrogen) atoms. The van der Waals surface area contributed by atoms with E-state index in [0.29, 0.717) is 24.3 Å². The highest BCUT2D eigenvalue weighted by atomic mass is 19.1. The zero-order valence-corrected chi connectivity index (χ0v) is 12.7. The van der Waals surface area contributed by atoms with Gasteiger partial charge in [0.15, 0.2) is 0 Å². The molecule has 0 saturated carbocycles. The molecule has 0 saturated heterocycles. The number of halogens is 1. The summed E-state index contributed by atoms with van der Waals surface area (Å²) >= 11 is 0. The first kappa shape index (κ1) is 17.9. The molecule has 0 aromatic heterocycles. The van der Waals surface area contributed by atoms with Gasteiger partial charge in [-0.15, -0.1) is 0 Å².